The molecule has 2 amide bonds. The maximum atomic E-state index is 11.8. The predicted molar refractivity (Wildman–Crippen MR) is 76.2 cm³/mol. The van der Waals surface area contributed by atoms with Crippen LogP contribution in [0.3, 0.4) is 0 Å². The second-order valence-corrected chi connectivity index (χ2v) is 4.62. The molecule has 2 rings (SSSR count). The molecular weight excluding hydrogens is 256 g/mol. The van der Waals surface area contributed by atoms with E-state index in [4.69, 9.17) is 4.74 Å². The van der Waals surface area contributed by atoms with Gasteiger partial charge in [0.1, 0.15) is 5.75 Å². The van der Waals surface area contributed by atoms with Gasteiger partial charge in [-0.25, -0.2) is 0 Å². The van der Waals surface area contributed by atoms with E-state index < -0.39 is 0 Å². The van der Waals surface area contributed by atoms with Gasteiger partial charge in [-0.1, -0.05) is 18.2 Å². The zero-order valence-corrected chi connectivity index (χ0v) is 11.4. The maximum Gasteiger partial charge on any atom is 0.244 e. The van der Waals surface area contributed by atoms with Crippen LogP contribution in [0, 0.1) is 0 Å². The molecule has 5 nitrogen and oxygen atoms in total. The van der Waals surface area contributed by atoms with Gasteiger partial charge in [-0.3, -0.25) is 9.59 Å². The van der Waals surface area contributed by atoms with Gasteiger partial charge < -0.3 is 15.4 Å². The summed E-state index contributed by atoms with van der Waals surface area (Å²) < 4.78 is 5.21. The first kappa shape index (κ1) is 14.1. The number of carbonyl (C=O) groups excluding carboxylic acids is 2. The Morgan fingerprint density at radius 1 is 1.45 bits per heavy atom. The molecule has 0 aromatic heterocycles. The minimum atomic E-state index is -0.169. The van der Waals surface area contributed by atoms with E-state index >= 15 is 0 Å². The largest absolute Gasteiger partial charge is 0.496 e. The SMILES string of the molecule is COc1ccccc1C=CC(=O)NC1CCC(=O)NC1. The minimum Gasteiger partial charge on any atom is -0.496 e. The lowest BCUT2D eigenvalue weighted by molar-refractivity contribution is -0.124. The fourth-order valence-electron chi connectivity index (χ4n) is 2.07. The standard InChI is InChI=1S/C15H18N2O3/c1-20-13-5-3-2-4-11(13)6-8-15(19)17-12-7-9-14(18)16-10-12/h2-6,8,12H,7,9-10H2,1H3,(H,16,18)(H,17,19). The van der Waals surface area contributed by atoms with E-state index in [0.717, 1.165) is 11.3 Å². The first-order valence-electron chi connectivity index (χ1n) is 6.57. The van der Waals surface area contributed by atoms with Crippen LogP contribution in [0.4, 0.5) is 0 Å². The molecule has 20 heavy (non-hydrogen) atoms. The van der Waals surface area contributed by atoms with Gasteiger partial charge in [0.2, 0.25) is 11.8 Å². The van der Waals surface area contributed by atoms with Gasteiger partial charge in [0.05, 0.1) is 7.11 Å². The molecule has 0 saturated carbocycles. The molecule has 1 aliphatic heterocycles. The third-order valence-corrected chi connectivity index (χ3v) is 3.17. The Kier molecular flexibility index (Phi) is 4.76. The number of amides is 2. The monoisotopic (exact) mass is 274 g/mol. The van der Waals surface area contributed by atoms with E-state index in [1.165, 1.54) is 6.08 Å². The molecule has 0 aliphatic carbocycles. The van der Waals surface area contributed by atoms with E-state index in [1.807, 2.05) is 24.3 Å². The van der Waals surface area contributed by atoms with Crippen LogP contribution in [0.25, 0.3) is 6.08 Å². The summed E-state index contributed by atoms with van der Waals surface area (Å²) in [5.74, 6) is 0.596. The molecule has 1 aromatic carbocycles. The van der Waals surface area contributed by atoms with Crippen molar-refractivity contribution in [1.82, 2.24) is 10.6 Å². The van der Waals surface area contributed by atoms with Gasteiger partial charge >= 0.3 is 0 Å². The van der Waals surface area contributed by atoms with Gasteiger partial charge in [0.25, 0.3) is 0 Å². The average molecular weight is 274 g/mol. The Morgan fingerprint density at radius 3 is 2.95 bits per heavy atom. The lowest BCUT2D eigenvalue weighted by Crippen LogP contribution is -2.47. The van der Waals surface area contributed by atoms with E-state index in [-0.39, 0.29) is 17.9 Å². The number of ether oxygens (including phenoxy) is 1. The Morgan fingerprint density at radius 2 is 2.25 bits per heavy atom. The molecule has 1 aliphatic rings. The number of piperidine rings is 1. The molecule has 5 heteroatoms. The van der Waals surface area contributed by atoms with Crippen molar-refractivity contribution in [3.05, 3.63) is 35.9 Å². The summed E-state index contributed by atoms with van der Waals surface area (Å²) in [6, 6.07) is 7.48. The maximum absolute atomic E-state index is 11.8. The fraction of sp³-hybridized carbons (Fsp3) is 0.333. The van der Waals surface area contributed by atoms with Crippen LogP contribution in [0.2, 0.25) is 0 Å². The van der Waals surface area contributed by atoms with Crippen molar-refractivity contribution in [2.75, 3.05) is 13.7 Å². The normalized spacial score (nSPS) is 18.6. The molecule has 0 bridgehead atoms. The second-order valence-electron chi connectivity index (χ2n) is 4.62. The van der Waals surface area contributed by atoms with E-state index in [1.54, 1.807) is 13.2 Å². The van der Waals surface area contributed by atoms with Crippen molar-refractivity contribution in [3.63, 3.8) is 0 Å². The molecule has 0 radical (unpaired) electrons. The van der Waals surface area contributed by atoms with Crippen molar-refractivity contribution < 1.29 is 14.3 Å². The van der Waals surface area contributed by atoms with Crippen molar-refractivity contribution in [2.24, 2.45) is 0 Å². The zero-order valence-electron chi connectivity index (χ0n) is 11.4. The highest BCUT2D eigenvalue weighted by Crippen LogP contribution is 2.18. The third kappa shape index (κ3) is 3.85. The van der Waals surface area contributed by atoms with Crippen LogP contribution < -0.4 is 15.4 Å². The van der Waals surface area contributed by atoms with Gasteiger partial charge in [-0.05, 0) is 18.6 Å². The number of nitrogens with one attached hydrogen (secondary N) is 2. The average Bonchev–Trinajstić information content (AvgIpc) is 2.48. The molecule has 1 fully saturated rings. The summed E-state index contributed by atoms with van der Waals surface area (Å²) in [4.78, 5) is 22.8. The molecule has 106 valence electrons. The minimum absolute atomic E-state index is 0.00233. The van der Waals surface area contributed by atoms with Crippen LogP contribution in [0.15, 0.2) is 30.3 Å². The Hall–Kier alpha value is -2.30. The zero-order chi connectivity index (χ0) is 14.4. The van der Waals surface area contributed by atoms with Gasteiger partial charge in [-0.2, -0.15) is 0 Å². The van der Waals surface area contributed by atoms with Crippen LogP contribution in [0.5, 0.6) is 5.75 Å². The first-order chi connectivity index (χ1) is 9.69. The quantitative estimate of drug-likeness (QED) is 0.808. The molecule has 1 atom stereocenters. The van der Waals surface area contributed by atoms with Crippen molar-refractivity contribution >= 4 is 17.9 Å². The van der Waals surface area contributed by atoms with E-state index in [9.17, 15) is 9.59 Å². The number of benzene rings is 1. The molecular formula is C15H18N2O3. The smallest absolute Gasteiger partial charge is 0.244 e. The fourth-order valence-corrected chi connectivity index (χ4v) is 2.07. The predicted octanol–water partition coefficient (Wildman–Crippen LogP) is 1.10. The summed E-state index contributed by atoms with van der Waals surface area (Å²) in [5, 5.41) is 5.60. The molecule has 1 saturated heterocycles. The highest BCUT2D eigenvalue weighted by atomic mass is 16.5. The molecule has 0 spiro atoms. The number of carbonyl (C=O) groups is 2. The Bertz CT molecular complexity index is 516. The van der Waals surface area contributed by atoms with E-state index in [2.05, 4.69) is 10.6 Å². The van der Waals surface area contributed by atoms with Crippen molar-refractivity contribution in [3.8, 4) is 5.75 Å². The van der Waals surface area contributed by atoms with Gasteiger partial charge in [0.15, 0.2) is 0 Å². The van der Waals surface area contributed by atoms with Crippen LogP contribution in [0.1, 0.15) is 18.4 Å². The topological polar surface area (TPSA) is 67.4 Å². The molecule has 2 N–H and O–H groups in total. The number of rotatable bonds is 4. The van der Waals surface area contributed by atoms with Crippen LogP contribution in [-0.2, 0) is 9.59 Å². The number of hydrogen-bond acceptors (Lipinski definition) is 3. The second kappa shape index (κ2) is 6.75. The molecule has 1 unspecified atom stereocenters. The molecule has 1 heterocycles. The highest BCUT2D eigenvalue weighted by molar-refractivity contribution is 5.92. The van der Waals surface area contributed by atoms with Gasteiger partial charge in [-0.15, -0.1) is 0 Å². The summed E-state index contributed by atoms with van der Waals surface area (Å²) in [6.07, 6.45) is 4.34. The number of para-hydroxylation sites is 1. The third-order valence-electron chi connectivity index (χ3n) is 3.17. The summed E-state index contributed by atoms with van der Waals surface area (Å²) in [7, 11) is 1.59. The number of hydrogen-bond donors (Lipinski definition) is 2. The van der Waals surface area contributed by atoms with Crippen molar-refractivity contribution in [1.29, 1.82) is 0 Å². The first-order valence-corrected chi connectivity index (χ1v) is 6.57. The van der Waals surface area contributed by atoms with Crippen molar-refractivity contribution in [2.45, 2.75) is 18.9 Å². The van der Waals surface area contributed by atoms with E-state index in [0.29, 0.717) is 19.4 Å². The van der Waals surface area contributed by atoms with Crippen LogP contribution >= 0.6 is 0 Å². The summed E-state index contributed by atoms with van der Waals surface area (Å²) in [6.45, 7) is 0.493. The Labute approximate surface area is 118 Å². The number of methoxy groups -OCH3 is 1. The summed E-state index contributed by atoms with van der Waals surface area (Å²) >= 11 is 0. The lowest BCUT2D eigenvalue weighted by Gasteiger charge is -2.22. The van der Waals surface area contributed by atoms with Gasteiger partial charge in [0, 0.05) is 30.6 Å². The lowest BCUT2D eigenvalue weighted by atomic mass is 10.1. The summed E-state index contributed by atoms with van der Waals surface area (Å²) in [5.41, 5.74) is 0.849. The molecule has 1 aromatic rings. The Balaban J connectivity index is 1.90. The highest BCUT2D eigenvalue weighted by Gasteiger charge is 2.18. The van der Waals surface area contributed by atoms with Crippen LogP contribution in [-0.4, -0.2) is 31.5 Å².